The summed E-state index contributed by atoms with van der Waals surface area (Å²) >= 11 is 0. The Morgan fingerprint density at radius 1 is 1.47 bits per heavy atom. The molecular weight excluding hydrogens is 267 g/mol. The highest BCUT2D eigenvalue weighted by atomic mass is 32.2. The molecule has 0 unspecified atom stereocenters. The molecule has 0 aliphatic heterocycles. The van der Waals surface area contributed by atoms with Gasteiger partial charge in [0, 0.05) is 18.2 Å². The number of benzene rings is 1. The van der Waals surface area contributed by atoms with Gasteiger partial charge in [-0.15, -0.1) is 0 Å². The van der Waals surface area contributed by atoms with Gasteiger partial charge in [-0.2, -0.15) is 5.26 Å². The Morgan fingerprint density at radius 2 is 2.16 bits per heavy atom. The summed E-state index contributed by atoms with van der Waals surface area (Å²) in [6.07, 6.45) is 2.89. The Kier molecular flexibility index (Phi) is 3.50. The van der Waals surface area contributed by atoms with E-state index in [9.17, 15) is 12.8 Å². The monoisotopic (exact) mass is 282 g/mol. The second-order valence-electron chi connectivity index (χ2n) is 5.20. The molecule has 0 spiro atoms. The van der Waals surface area contributed by atoms with Crippen LogP contribution in [0.2, 0.25) is 0 Å². The Bertz CT molecular complexity index is 631. The molecule has 0 aromatic heterocycles. The van der Waals surface area contributed by atoms with E-state index in [1.54, 1.807) is 6.07 Å². The van der Waals surface area contributed by atoms with Crippen LogP contribution in [-0.4, -0.2) is 27.0 Å². The highest BCUT2D eigenvalue weighted by Crippen LogP contribution is 2.46. The zero-order valence-corrected chi connectivity index (χ0v) is 11.4. The van der Waals surface area contributed by atoms with Gasteiger partial charge < -0.3 is 5.32 Å². The molecule has 4 nitrogen and oxygen atoms in total. The van der Waals surface area contributed by atoms with E-state index in [0.717, 1.165) is 12.8 Å². The smallest absolute Gasteiger partial charge is 0.148 e. The molecule has 0 bridgehead atoms. The van der Waals surface area contributed by atoms with Gasteiger partial charge in [0.1, 0.15) is 27.3 Å². The van der Waals surface area contributed by atoms with E-state index in [2.05, 4.69) is 5.32 Å². The van der Waals surface area contributed by atoms with Gasteiger partial charge in [-0.05, 0) is 25.0 Å². The van der Waals surface area contributed by atoms with E-state index in [-0.39, 0.29) is 16.7 Å². The number of hydrogen-bond acceptors (Lipinski definition) is 4. The number of nitriles is 1. The lowest BCUT2D eigenvalue weighted by atomic mass is 10.1. The zero-order chi connectivity index (χ0) is 14.1. The van der Waals surface area contributed by atoms with E-state index < -0.39 is 15.7 Å². The minimum Gasteiger partial charge on any atom is -0.383 e. The number of anilines is 1. The third-order valence-corrected chi connectivity index (χ3v) is 4.44. The maximum atomic E-state index is 13.4. The van der Waals surface area contributed by atoms with Crippen LogP contribution in [0.5, 0.6) is 0 Å². The number of nitrogens with zero attached hydrogens (tertiary/aromatic N) is 1. The number of nitrogens with one attached hydrogen (secondary N) is 1. The summed E-state index contributed by atoms with van der Waals surface area (Å²) in [4.78, 5) is 0. The molecule has 0 atom stereocenters. The first-order valence-corrected chi connectivity index (χ1v) is 8.02. The Balaban J connectivity index is 2.08. The largest absolute Gasteiger partial charge is 0.383 e. The molecule has 1 aromatic rings. The van der Waals surface area contributed by atoms with E-state index in [4.69, 9.17) is 5.26 Å². The van der Waals surface area contributed by atoms with E-state index >= 15 is 0 Å². The molecule has 0 saturated heterocycles. The number of halogens is 1. The second kappa shape index (κ2) is 4.82. The topological polar surface area (TPSA) is 70.0 Å². The lowest BCUT2D eigenvalue weighted by Gasteiger charge is -2.16. The first-order chi connectivity index (χ1) is 8.85. The van der Waals surface area contributed by atoms with Gasteiger partial charge in [-0.25, -0.2) is 12.8 Å². The third kappa shape index (κ3) is 3.44. The highest BCUT2D eigenvalue weighted by molar-refractivity contribution is 7.90. The van der Waals surface area contributed by atoms with Crippen molar-refractivity contribution in [1.82, 2.24) is 0 Å². The molecule has 0 radical (unpaired) electrons. The van der Waals surface area contributed by atoms with Crippen molar-refractivity contribution in [3.05, 3.63) is 29.6 Å². The first kappa shape index (κ1) is 13.8. The third-order valence-electron chi connectivity index (χ3n) is 3.30. The average Bonchev–Trinajstić information content (AvgIpc) is 3.04. The fraction of sp³-hybridized carbons (Fsp3) is 0.462. The molecular formula is C13H15FN2O2S. The van der Waals surface area contributed by atoms with Crippen molar-refractivity contribution < 1.29 is 12.8 Å². The molecule has 19 heavy (non-hydrogen) atoms. The van der Waals surface area contributed by atoms with E-state index in [0.29, 0.717) is 12.2 Å². The molecule has 102 valence electrons. The molecule has 1 aliphatic carbocycles. The SMILES string of the molecule is CS(=O)(=O)CC1(CNc2cccc(F)c2C#N)CC1. The minimum atomic E-state index is -3.03. The normalized spacial score (nSPS) is 16.7. The Hall–Kier alpha value is -1.61. The van der Waals surface area contributed by atoms with Crippen molar-refractivity contribution in [2.24, 2.45) is 5.41 Å². The van der Waals surface area contributed by atoms with Crippen LogP contribution in [0.4, 0.5) is 10.1 Å². The van der Waals surface area contributed by atoms with Crippen molar-refractivity contribution >= 4 is 15.5 Å². The van der Waals surface area contributed by atoms with Gasteiger partial charge in [0.2, 0.25) is 0 Å². The molecule has 1 aromatic carbocycles. The summed E-state index contributed by atoms with van der Waals surface area (Å²) in [6.45, 7) is 0.443. The number of hydrogen-bond donors (Lipinski definition) is 1. The summed E-state index contributed by atoms with van der Waals surface area (Å²) in [5, 5.41) is 11.9. The summed E-state index contributed by atoms with van der Waals surface area (Å²) < 4.78 is 36.1. The molecule has 1 N–H and O–H groups in total. The number of rotatable bonds is 5. The molecule has 1 aliphatic rings. The summed E-state index contributed by atoms with van der Waals surface area (Å²) in [5.74, 6) is -0.440. The van der Waals surface area contributed by atoms with Crippen molar-refractivity contribution in [3.63, 3.8) is 0 Å². The maximum Gasteiger partial charge on any atom is 0.148 e. The fourth-order valence-electron chi connectivity index (χ4n) is 2.17. The predicted octanol–water partition coefficient (Wildman–Crippen LogP) is 1.93. The van der Waals surface area contributed by atoms with Crippen LogP contribution < -0.4 is 5.32 Å². The fourth-order valence-corrected chi connectivity index (χ4v) is 3.68. The van der Waals surface area contributed by atoms with Gasteiger partial charge >= 0.3 is 0 Å². The van der Waals surface area contributed by atoms with E-state index in [1.165, 1.54) is 18.4 Å². The van der Waals surface area contributed by atoms with Crippen LogP contribution >= 0.6 is 0 Å². The van der Waals surface area contributed by atoms with Gasteiger partial charge in [-0.1, -0.05) is 6.07 Å². The van der Waals surface area contributed by atoms with Crippen LogP contribution in [0.15, 0.2) is 18.2 Å². The van der Waals surface area contributed by atoms with Crippen molar-refractivity contribution in [2.45, 2.75) is 12.8 Å². The lowest BCUT2D eigenvalue weighted by Crippen LogP contribution is -2.24. The summed E-state index contributed by atoms with van der Waals surface area (Å²) in [7, 11) is -3.03. The van der Waals surface area contributed by atoms with Gasteiger partial charge in [0.15, 0.2) is 0 Å². The molecule has 6 heteroatoms. The van der Waals surface area contributed by atoms with Crippen LogP contribution in [0.1, 0.15) is 18.4 Å². The molecule has 0 amide bonds. The minimum absolute atomic E-state index is 0.0299. The van der Waals surface area contributed by atoms with Crippen molar-refractivity contribution in [3.8, 4) is 6.07 Å². The molecule has 1 saturated carbocycles. The lowest BCUT2D eigenvalue weighted by molar-refractivity contribution is 0.560. The van der Waals surface area contributed by atoms with Crippen LogP contribution in [-0.2, 0) is 9.84 Å². The highest BCUT2D eigenvalue weighted by Gasteiger charge is 2.45. The predicted molar refractivity (Wildman–Crippen MR) is 71.0 cm³/mol. The molecule has 1 fully saturated rings. The van der Waals surface area contributed by atoms with Crippen molar-refractivity contribution in [1.29, 1.82) is 5.26 Å². The summed E-state index contributed by atoms with van der Waals surface area (Å²) in [6, 6.07) is 6.19. The van der Waals surface area contributed by atoms with Gasteiger partial charge in [-0.3, -0.25) is 0 Å². The molecule has 2 rings (SSSR count). The van der Waals surface area contributed by atoms with Crippen LogP contribution in [0, 0.1) is 22.6 Å². The Labute approximate surface area is 112 Å². The zero-order valence-electron chi connectivity index (χ0n) is 10.6. The summed E-state index contributed by atoms with van der Waals surface area (Å²) in [5.41, 5.74) is 0.132. The van der Waals surface area contributed by atoms with Crippen LogP contribution in [0.3, 0.4) is 0 Å². The number of sulfone groups is 1. The average molecular weight is 282 g/mol. The van der Waals surface area contributed by atoms with Crippen LogP contribution in [0.25, 0.3) is 0 Å². The van der Waals surface area contributed by atoms with Crippen molar-refractivity contribution in [2.75, 3.05) is 23.9 Å². The Morgan fingerprint density at radius 3 is 2.68 bits per heavy atom. The maximum absolute atomic E-state index is 13.4. The quantitative estimate of drug-likeness (QED) is 0.896. The van der Waals surface area contributed by atoms with Gasteiger partial charge in [0.05, 0.1) is 11.4 Å². The van der Waals surface area contributed by atoms with E-state index in [1.807, 2.05) is 6.07 Å². The first-order valence-electron chi connectivity index (χ1n) is 5.95. The van der Waals surface area contributed by atoms with Gasteiger partial charge in [0.25, 0.3) is 0 Å². The molecule has 0 heterocycles. The standard InChI is InChI=1S/C13H15FN2O2S/c1-19(17,18)9-13(5-6-13)8-16-12-4-2-3-11(14)10(12)7-15/h2-4,16H,5-6,8-9H2,1H3. The second-order valence-corrected chi connectivity index (χ2v) is 7.34.